The number of rotatable bonds is 7. The zero-order chi connectivity index (χ0) is 22.5. The average Bonchev–Trinajstić information content (AvgIpc) is 3.31. The van der Waals surface area contributed by atoms with Gasteiger partial charge in [0.15, 0.2) is 0 Å². The number of nitrogens with zero attached hydrogens (tertiary/aromatic N) is 2. The van der Waals surface area contributed by atoms with Gasteiger partial charge in [-0.1, -0.05) is 23.7 Å². The monoisotopic (exact) mass is 439 g/mol. The van der Waals surface area contributed by atoms with E-state index in [0.717, 1.165) is 11.3 Å². The zero-order valence-corrected chi connectivity index (χ0v) is 18.8. The maximum Gasteiger partial charge on any atom is 0.255 e. The summed E-state index contributed by atoms with van der Waals surface area (Å²) in [5.74, 6) is 0.105. The first-order valence-electron chi connectivity index (χ1n) is 9.97. The van der Waals surface area contributed by atoms with Crippen LogP contribution in [0, 0.1) is 0 Å². The standard InChI is InChI=1S/C24H26ClN3O3/c1-16(2)27(3)24(30)18-9-7-17(8-10-18)15-26-23(29)19-13-20(25)21(14-22(19)31-4)28-11-5-6-12-28/h5-14,16H,15H2,1-4H3,(H,26,29). The topological polar surface area (TPSA) is 63.6 Å². The highest BCUT2D eigenvalue weighted by Crippen LogP contribution is 2.30. The molecule has 0 aliphatic heterocycles. The molecule has 0 spiro atoms. The van der Waals surface area contributed by atoms with Crippen LogP contribution in [-0.4, -0.2) is 41.5 Å². The van der Waals surface area contributed by atoms with Crippen LogP contribution < -0.4 is 10.1 Å². The Morgan fingerprint density at radius 3 is 2.35 bits per heavy atom. The molecular formula is C24H26ClN3O3. The van der Waals surface area contributed by atoms with Crippen molar-refractivity contribution in [1.82, 2.24) is 14.8 Å². The molecule has 0 radical (unpaired) electrons. The van der Waals surface area contributed by atoms with E-state index in [2.05, 4.69) is 5.32 Å². The fraction of sp³-hybridized carbons (Fsp3) is 0.250. The van der Waals surface area contributed by atoms with Crippen molar-refractivity contribution >= 4 is 23.4 Å². The predicted molar refractivity (Wildman–Crippen MR) is 122 cm³/mol. The molecule has 7 heteroatoms. The molecule has 0 atom stereocenters. The molecule has 2 amide bonds. The molecule has 162 valence electrons. The summed E-state index contributed by atoms with van der Waals surface area (Å²) in [4.78, 5) is 26.8. The maximum atomic E-state index is 12.8. The average molecular weight is 440 g/mol. The van der Waals surface area contributed by atoms with Crippen molar-refractivity contribution in [3.8, 4) is 11.4 Å². The summed E-state index contributed by atoms with van der Waals surface area (Å²) in [5.41, 5.74) is 2.58. The summed E-state index contributed by atoms with van der Waals surface area (Å²) in [6.07, 6.45) is 3.74. The van der Waals surface area contributed by atoms with Gasteiger partial charge in [-0.15, -0.1) is 0 Å². The number of hydrogen-bond acceptors (Lipinski definition) is 3. The largest absolute Gasteiger partial charge is 0.496 e. The van der Waals surface area contributed by atoms with Crippen molar-refractivity contribution in [3.05, 3.63) is 82.6 Å². The fourth-order valence-electron chi connectivity index (χ4n) is 3.06. The lowest BCUT2D eigenvalue weighted by Crippen LogP contribution is -2.32. The molecule has 0 unspecified atom stereocenters. The van der Waals surface area contributed by atoms with Crippen LogP contribution in [0.15, 0.2) is 60.9 Å². The Morgan fingerprint density at radius 2 is 1.77 bits per heavy atom. The number of amides is 2. The van der Waals surface area contributed by atoms with Crippen LogP contribution in [0.4, 0.5) is 0 Å². The van der Waals surface area contributed by atoms with Crippen LogP contribution in [-0.2, 0) is 6.54 Å². The lowest BCUT2D eigenvalue weighted by atomic mass is 10.1. The number of aromatic nitrogens is 1. The van der Waals surface area contributed by atoms with E-state index < -0.39 is 0 Å². The smallest absolute Gasteiger partial charge is 0.255 e. The van der Waals surface area contributed by atoms with Gasteiger partial charge in [-0.3, -0.25) is 9.59 Å². The predicted octanol–water partition coefficient (Wildman–Crippen LogP) is 4.55. The molecule has 6 nitrogen and oxygen atoms in total. The van der Waals surface area contributed by atoms with Gasteiger partial charge in [0, 0.05) is 43.7 Å². The Hall–Kier alpha value is -3.25. The first-order valence-corrected chi connectivity index (χ1v) is 10.3. The number of methoxy groups -OCH3 is 1. The SMILES string of the molecule is COc1cc(-n2cccc2)c(Cl)cc1C(=O)NCc1ccc(C(=O)N(C)C(C)C)cc1. The quantitative estimate of drug-likeness (QED) is 0.587. The minimum absolute atomic E-state index is 0.0345. The third-order valence-electron chi connectivity index (χ3n) is 5.15. The van der Waals surface area contributed by atoms with Gasteiger partial charge < -0.3 is 19.5 Å². The van der Waals surface area contributed by atoms with Crippen molar-refractivity contribution in [2.75, 3.05) is 14.2 Å². The summed E-state index contributed by atoms with van der Waals surface area (Å²) in [6.45, 7) is 4.24. The molecule has 0 saturated carbocycles. The Morgan fingerprint density at radius 1 is 1.13 bits per heavy atom. The first kappa shape index (κ1) is 22.4. The summed E-state index contributed by atoms with van der Waals surface area (Å²) < 4.78 is 7.27. The van der Waals surface area contributed by atoms with Crippen LogP contribution in [0.3, 0.4) is 0 Å². The number of carbonyl (C=O) groups is 2. The van der Waals surface area contributed by atoms with E-state index in [0.29, 0.717) is 28.4 Å². The van der Waals surface area contributed by atoms with E-state index in [1.807, 2.05) is 55.1 Å². The Balaban J connectivity index is 1.71. The molecule has 2 aromatic carbocycles. The van der Waals surface area contributed by atoms with E-state index in [1.54, 1.807) is 36.2 Å². The van der Waals surface area contributed by atoms with E-state index in [1.165, 1.54) is 7.11 Å². The number of halogens is 1. The number of benzene rings is 2. The molecule has 0 saturated heterocycles. The highest BCUT2D eigenvalue weighted by atomic mass is 35.5. The zero-order valence-electron chi connectivity index (χ0n) is 18.1. The molecule has 1 N–H and O–H groups in total. The summed E-state index contributed by atoms with van der Waals surface area (Å²) in [5, 5.41) is 3.33. The van der Waals surface area contributed by atoms with E-state index in [-0.39, 0.29) is 17.9 Å². The van der Waals surface area contributed by atoms with Crippen LogP contribution >= 0.6 is 11.6 Å². The van der Waals surface area contributed by atoms with Crippen LogP contribution in [0.5, 0.6) is 5.75 Å². The number of nitrogens with one attached hydrogen (secondary N) is 1. The van der Waals surface area contributed by atoms with E-state index >= 15 is 0 Å². The molecule has 0 aliphatic carbocycles. The molecule has 31 heavy (non-hydrogen) atoms. The van der Waals surface area contributed by atoms with Crippen molar-refractivity contribution in [2.24, 2.45) is 0 Å². The molecule has 0 bridgehead atoms. The third kappa shape index (κ3) is 5.09. The number of ether oxygens (including phenoxy) is 1. The number of hydrogen-bond donors (Lipinski definition) is 1. The Kier molecular flexibility index (Phi) is 7.02. The first-order chi connectivity index (χ1) is 14.8. The van der Waals surface area contributed by atoms with Crippen molar-refractivity contribution in [3.63, 3.8) is 0 Å². The molecule has 3 aromatic rings. The van der Waals surface area contributed by atoms with Crippen LogP contribution in [0.2, 0.25) is 5.02 Å². The minimum Gasteiger partial charge on any atom is -0.496 e. The van der Waals surface area contributed by atoms with Gasteiger partial charge >= 0.3 is 0 Å². The minimum atomic E-state index is -0.294. The van der Waals surface area contributed by atoms with Gasteiger partial charge in [0.05, 0.1) is 23.4 Å². The second-order valence-electron chi connectivity index (χ2n) is 7.48. The Labute approximate surface area is 187 Å². The second kappa shape index (κ2) is 9.71. The highest BCUT2D eigenvalue weighted by molar-refractivity contribution is 6.33. The molecule has 1 aromatic heterocycles. The molecule has 0 aliphatic rings. The van der Waals surface area contributed by atoms with Crippen molar-refractivity contribution in [1.29, 1.82) is 0 Å². The lowest BCUT2D eigenvalue weighted by Gasteiger charge is -2.21. The fourth-order valence-corrected chi connectivity index (χ4v) is 3.32. The summed E-state index contributed by atoms with van der Waals surface area (Å²) >= 11 is 6.41. The van der Waals surface area contributed by atoms with Gasteiger partial charge in [0.1, 0.15) is 5.75 Å². The van der Waals surface area contributed by atoms with E-state index in [4.69, 9.17) is 16.3 Å². The van der Waals surface area contributed by atoms with Crippen LogP contribution in [0.1, 0.15) is 40.1 Å². The molecule has 3 rings (SSSR count). The normalized spacial score (nSPS) is 10.8. The van der Waals surface area contributed by atoms with Crippen molar-refractivity contribution < 1.29 is 14.3 Å². The van der Waals surface area contributed by atoms with Gasteiger partial charge in [-0.2, -0.15) is 0 Å². The summed E-state index contributed by atoms with van der Waals surface area (Å²) in [7, 11) is 3.30. The van der Waals surface area contributed by atoms with Gasteiger partial charge in [-0.25, -0.2) is 0 Å². The highest BCUT2D eigenvalue weighted by Gasteiger charge is 2.17. The summed E-state index contributed by atoms with van der Waals surface area (Å²) in [6, 6.07) is 14.5. The van der Waals surface area contributed by atoms with E-state index in [9.17, 15) is 9.59 Å². The second-order valence-corrected chi connectivity index (χ2v) is 7.89. The molecule has 0 fully saturated rings. The maximum absolute atomic E-state index is 12.8. The Bertz CT molecular complexity index is 1060. The van der Waals surface area contributed by atoms with Gasteiger partial charge in [0.25, 0.3) is 11.8 Å². The molecular weight excluding hydrogens is 414 g/mol. The lowest BCUT2D eigenvalue weighted by molar-refractivity contribution is 0.0754. The van der Waals surface area contributed by atoms with Crippen LogP contribution in [0.25, 0.3) is 5.69 Å². The van der Waals surface area contributed by atoms with Crippen molar-refractivity contribution in [2.45, 2.75) is 26.4 Å². The van der Waals surface area contributed by atoms with Gasteiger partial charge in [-0.05, 0) is 49.7 Å². The third-order valence-corrected chi connectivity index (χ3v) is 5.45. The van der Waals surface area contributed by atoms with Gasteiger partial charge in [0.2, 0.25) is 0 Å². The molecule has 1 heterocycles. The number of carbonyl (C=O) groups excluding carboxylic acids is 2.